The molecule has 0 unspecified atom stereocenters. The van der Waals surface area contributed by atoms with E-state index in [0.717, 1.165) is 6.07 Å². The number of hydrogen-bond donors (Lipinski definition) is 2. The van der Waals surface area contributed by atoms with Crippen LogP contribution in [0.25, 0.3) is 0 Å². The Balaban J connectivity index is 1.98. The lowest BCUT2D eigenvalue weighted by Gasteiger charge is -2.05. The number of phenolic OH excluding ortho intramolecular Hbond substituents is 2. The Morgan fingerprint density at radius 1 is 0.900 bits per heavy atom. The monoisotopic (exact) mass is 272 g/mol. The highest BCUT2D eigenvalue weighted by molar-refractivity contribution is 5.99. The number of carbonyl (C=O) groups excluding carboxylic acids is 2. The van der Waals surface area contributed by atoms with Gasteiger partial charge in [-0.3, -0.25) is 4.79 Å². The van der Waals surface area contributed by atoms with Crippen LogP contribution >= 0.6 is 0 Å². The fourth-order valence-corrected chi connectivity index (χ4v) is 1.57. The summed E-state index contributed by atoms with van der Waals surface area (Å²) in [6, 6.07) is 12.0. The van der Waals surface area contributed by atoms with Crippen molar-refractivity contribution in [1.82, 2.24) is 0 Å². The standard InChI is InChI=1S/C15H12O5/c16-12-7-6-11(8-13(12)17)15(19)20-9-14(18)10-4-2-1-3-5-10/h1-8,16-17H,9H2. The highest BCUT2D eigenvalue weighted by Crippen LogP contribution is 2.25. The Labute approximate surface area is 115 Å². The zero-order valence-electron chi connectivity index (χ0n) is 10.4. The van der Waals surface area contributed by atoms with Gasteiger partial charge in [-0.25, -0.2) is 4.79 Å². The molecule has 0 heterocycles. The number of benzene rings is 2. The molecule has 0 aliphatic heterocycles. The second kappa shape index (κ2) is 5.88. The number of hydrogen-bond acceptors (Lipinski definition) is 5. The van der Waals surface area contributed by atoms with Gasteiger partial charge in [0.15, 0.2) is 23.9 Å². The molecule has 2 aromatic rings. The van der Waals surface area contributed by atoms with Crippen molar-refractivity contribution in [3.63, 3.8) is 0 Å². The molecule has 0 saturated heterocycles. The fourth-order valence-electron chi connectivity index (χ4n) is 1.57. The molecule has 0 atom stereocenters. The summed E-state index contributed by atoms with van der Waals surface area (Å²) in [5, 5.41) is 18.4. The maximum absolute atomic E-state index is 11.7. The highest BCUT2D eigenvalue weighted by Gasteiger charge is 2.13. The van der Waals surface area contributed by atoms with Crippen molar-refractivity contribution in [1.29, 1.82) is 0 Å². The van der Waals surface area contributed by atoms with Crippen LogP contribution in [0.3, 0.4) is 0 Å². The van der Waals surface area contributed by atoms with E-state index < -0.39 is 11.7 Å². The number of esters is 1. The van der Waals surface area contributed by atoms with Gasteiger partial charge in [-0.2, -0.15) is 0 Å². The Kier molecular flexibility index (Phi) is 4.00. The van der Waals surface area contributed by atoms with Crippen molar-refractivity contribution >= 4 is 11.8 Å². The quantitative estimate of drug-likeness (QED) is 0.506. The lowest BCUT2D eigenvalue weighted by molar-refractivity contribution is 0.0474. The molecule has 0 aromatic heterocycles. The molecule has 0 aliphatic carbocycles. The summed E-state index contributed by atoms with van der Waals surface area (Å²) >= 11 is 0. The SMILES string of the molecule is O=C(COC(=O)c1ccc(O)c(O)c1)c1ccccc1. The van der Waals surface area contributed by atoms with Gasteiger partial charge >= 0.3 is 5.97 Å². The average molecular weight is 272 g/mol. The van der Waals surface area contributed by atoms with Crippen molar-refractivity contribution in [2.45, 2.75) is 0 Å². The Morgan fingerprint density at radius 2 is 1.60 bits per heavy atom. The van der Waals surface area contributed by atoms with E-state index in [0.29, 0.717) is 5.56 Å². The first kappa shape index (κ1) is 13.6. The number of ketones is 1. The van der Waals surface area contributed by atoms with Gasteiger partial charge in [-0.15, -0.1) is 0 Å². The molecule has 0 spiro atoms. The molecule has 5 heteroatoms. The van der Waals surface area contributed by atoms with Gasteiger partial charge in [-0.05, 0) is 18.2 Å². The Hall–Kier alpha value is -2.82. The minimum atomic E-state index is -0.746. The van der Waals surface area contributed by atoms with Crippen LogP contribution in [0.5, 0.6) is 11.5 Å². The Bertz CT molecular complexity index is 634. The predicted octanol–water partition coefficient (Wildman–Crippen LogP) is 2.14. The molecule has 102 valence electrons. The number of aromatic hydroxyl groups is 2. The number of ether oxygens (including phenoxy) is 1. The molecule has 0 amide bonds. The second-order valence-electron chi connectivity index (χ2n) is 4.07. The number of rotatable bonds is 4. The minimum absolute atomic E-state index is 0.0566. The van der Waals surface area contributed by atoms with Crippen LogP contribution in [0.15, 0.2) is 48.5 Å². The van der Waals surface area contributed by atoms with E-state index in [9.17, 15) is 14.7 Å². The zero-order chi connectivity index (χ0) is 14.5. The molecule has 2 aromatic carbocycles. The topological polar surface area (TPSA) is 83.8 Å². The third kappa shape index (κ3) is 3.14. The molecule has 20 heavy (non-hydrogen) atoms. The summed E-state index contributed by atoms with van der Waals surface area (Å²) in [7, 11) is 0. The van der Waals surface area contributed by atoms with Crippen molar-refractivity contribution in [3.8, 4) is 11.5 Å². The first-order valence-electron chi connectivity index (χ1n) is 5.85. The molecular formula is C15H12O5. The van der Waals surface area contributed by atoms with Crippen LogP contribution < -0.4 is 0 Å². The van der Waals surface area contributed by atoms with Gasteiger partial charge in [0.25, 0.3) is 0 Å². The fraction of sp³-hybridized carbons (Fsp3) is 0.0667. The largest absolute Gasteiger partial charge is 0.504 e. The summed E-state index contributed by atoms with van der Waals surface area (Å²) in [5.41, 5.74) is 0.509. The lowest BCUT2D eigenvalue weighted by atomic mass is 10.1. The number of Topliss-reactive ketones (excluding diaryl/α,β-unsaturated/α-hetero) is 1. The van der Waals surface area contributed by atoms with Crippen molar-refractivity contribution in [3.05, 3.63) is 59.7 Å². The smallest absolute Gasteiger partial charge is 0.338 e. The third-order valence-corrected chi connectivity index (χ3v) is 2.64. The normalized spacial score (nSPS) is 10.0. The van der Waals surface area contributed by atoms with Crippen LogP contribution in [-0.4, -0.2) is 28.6 Å². The maximum atomic E-state index is 11.7. The maximum Gasteiger partial charge on any atom is 0.338 e. The molecular weight excluding hydrogens is 260 g/mol. The van der Waals surface area contributed by atoms with Gasteiger partial charge in [0.2, 0.25) is 0 Å². The first-order chi connectivity index (χ1) is 9.58. The summed E-state index contributed by atoms with van der Waals surface area (Å²) < 4.78 is 4.86. The van der Waals surface area contributed by atoms with E-state index in [2.05, 4.69) is 0 Å². The molecule has 0 aliphatic rings. The summed E-state index contributed by atoms with van der Waals surface area (Å²) in [6.07, 6.45) is 0. The molecule has 0 saturated carbocycles. The molecule has 0 fully saturated rings. The van der Waals surface area contributed by atoms with Crippen LogP contribution in [0.2, 0.25) is 0 Å². The number of phenols is 2. The predicted molar refractivity (Wildman–Crippen MR) is 70.8 cm³/mol. The van der Waals surface area contributed by atoms with Crippen molar-refractivity contribution in [2.24, 2.45) is 0 Å². The summed E-state index contributed by atoms with van der Waals surface area (Å²) in [4.78, 5) is 23.4. The molecule has 2 N–H and O–H groups in total. The summed E-state index contributed by atoms with van der Waals surface area (Å²) in [6.45, 7) is -0.384. The Morgan fingerprint density at radius 3 is 2.25 bits per heavy atom. The van der Waals surface area contributed by atoms with Crippen molar-refractivity contribution in [2.75, 3.05) is 6.61 Å². The van der Waals surface area contributed by atoms with Crippen molar-refractivity contribution < 1.29 is 24.5 Å². The van der Waals surface area contributed by atoms with E-state index >= 15 is 0 Å². The lowest BCUT2D eigenvalue weighted by Crippen LogP contribution is -2.14. The van der Waals surface area contributed by atoms with Crippen LogP contribution in [0, 0.1) is 0 Å². The summed E-state index contributed by atoms with van der Waals surface area (Å²) in [5.74, 6) is -1.82. The molecule has 2 rings (SSSR count). The molecule has 0 bridgehead atoms. The zero-order valence-corrected chi connectivity index (χ0v) is 10.4. The second-order valence-corrected chi connectivity index (χ2v) is 4.07. The minimum Gasteiger partial charge on any atom is -0.504 e. The van der Waals surface area contributed by atoms with E-state index in [-0.39, 0.29) is 23.7 Å². The average Bonchev–Trinajstić information content (AvgIpc) is 2.48. The van der Waals surface area contributed by atoms with Gasteiger partial charge in [0.05, 0.1) is 5.56 Å². The van der Waals surface area contributed by atoms with Gasteiger partial charge < -0.3 is 14.9 Å². The molecule has 0 radical (unpaired) electrons. The van der Waals surface area contributed by atoms with E-state index in [4.69, 9.17) is 9.84 Å². The van der Waals surface area contributed by atoms with E-state index in [1.807, 2.05) is 0 Å². The first-order valence-corrected chi connectivity index (χ1v) is 5.85. The van der Waals surface area contributed by atoms with Crippen LogP contribution in [-0.2, 0) is 4.74 Å². The van der Waals surface area contributed by atoms with Gasteiger partial charge in [0.1, 0.15) is 0 Å². The van der Waals surface area contributed by atoms with Crippen LogP contribution in [0.4, 0.5) is 0 Å². The van der Waals surface area contributed by atoms with Gasteiger partial charge in [0, 0.05) is 5.56 Å². The van der Waals surface area contributed by atoms with E-state index in [1.54, 1.807) is 30.3 Å². The number of carbonyl (C=O) groups is 2. The van der Waals surface area contributed by atoms with Crippen LogP contribution in [0.1, 0.15) is 20.7 Å². The third-order valence-electron chi connectivity index (χ3n) is 2.64. The van der Waals surface area contributed by atoms with E-state index in [1.165, 1.54) is 12.1 Å². The highest BCUT2D eigenvalue weighted by atomic mass is 16.5. The molecule has 5 nitrogen and oxygen atoms in total. The van der Waals surface area contributed by atoms with Gasteiger partial charge in [-0.1, -0.05) is 30.3 Å².